The molecule has 5 nitrogen and oxygen atoms in total. The molecule has 0 fully saturated rings. The van der Waals surface area contributed by atoms with Gasteiger partial charge in [-0.05, 0) is 12.1 Å². The summed E-state index contributed by atoms with van der Waals surface area (Å²) in [6.45, 7) is 0. The SMILES string of the molecule is NC(=O)[C@H](Nc1cccnc1)C(N)=S. The van der Waals surface area contributed by atoms with Crippen LogP contribution in [0.1, 0.15) is 0 Å². The van der Waals surface area contributed by atoms with Crippen molar-refractivity contribution in [3.8, 4) is 0 Å². The molecule has 1 atom stereocenters. The molecule has 0 saturated carbocycles. The molecule has 74 valence electrons. The Hall–Kier alpha value is -1.69. The molecule has 1 rings (SSSR count). The number of nitrogens with one attached hydrogen (secondary N) is 1. The number of aromatic nitrogens is 1. The smallest absolute Gasteiger partial charge is 0.247 e. The Morgan fingerprint density at radius 3 is 2.71 bits per heavy atom. The van der Waals surface area contributed by atoms with Crippen molar-refractivity contribution in [2.45, 2.75) is 6.04 Å². The van der Waals surface area contributed by atoms with Crippen LogP contribution in [0.25, 0.3) is 0 Å². The Morgan fingerprint density at radius 1 is 1.57 bits per heavy atom. The van der Waals surface area contributed by atoms with Crippen LogP contribution in [0.15, 0.2) is 24.5 Å². The lowest BCUT2D eigenvalue weighted by molar-refractivity contribution is -0.117. The first-order chi connectivity index (χ1) is 6.61. The van der Waals surface area contributed by atoms with E-state index in [0.29, 0.717) is 5.69 Å². The van der Waals surface area contributed by atoms with Gasteiger partial charge >= 0.3 is 0 Å². The maximum Gasteiger partial charge on any atom is 0.247 e. The van der Waals surface area contributed by atoms with E-state index >= 15 is 0 Å². The molecular formula is C8H10N4OS. The van der Waals surface area contributed by atoms with Gasteiger partial charge in [-0.25, -0.2) is 0 Å². The zero-order valence-electron chi connectivity index (χ0n) is 7.31. The van der Waals surface area contributed by atoms with E-state index in [-0.39, 0.29) is 4.99 Å². The van der Waals surface area contributed by atoms with Crippen LogP contribution in [0.4, 0.5) is 5.69 Å². The summed E-state index contributed by atoms with van der Waals surface area (Å²) in [4.78, 5) is 14.8. The minimum Gasteiger partial charge on any atom is -0.391 e. The minimum absolute atomic E-state index is 0.0151. The molecule has 0 aromatic carbocycles. The lowest BCUT2D eigenvalue weighted by Gasteiger charge is -2.14. The Kier molecular flexibility index (Phi) is 3.35. The molecule has 1 heterocycles. The van der Waals surface area contributed by atoms with Crippen molar-refractivity contribution in [3.63, 3.8) is 0 Å². The average molecular weight is 210 g/mol. The molecule has 1 aromatic heterocycles. The molecule has 1 aromatic rings. The van der Waals surface area contributed by atoms with E-state index in [2.05, 4.69) is 22.5 Å². The number of thiocarbonyl (C=S) groups is 1. The van der Waals surface area contributed by atoms with Gasteiger partial charge in [-0.1, -0.05) is 12.2 Å². The van der Waals surface area contributed by atoms with Crippen molar-refractivity contribution >= 4 is 28.8 Å². The van der Waals surface area contributed by atoms with Crippen molar-refractivity contribution in [1.29, 1.82) is 0 Å². The zero-order chi connectivity index (χ0) is 10.6. The number of anilines is 1. The van der Waals surface area contributed by atoms with E-state index in [0.717, 1.165) is 0 Å². The molecule has 14 heavy (non-hydrogen) atoms. The van der Waals surface area contributed by atoms with E-state index < -0.39 is 11.9 Å². The number of carbonyl (C=O) groups is 1. The Balaban J connectivity index is 2.75. The van der Waals surface area contributed by atoms with Crippen molar-refractivity contribution in [1.82, 2.24) is 4.98 Å². The number of amides is 1. The fraction of sp³-hybridized carbons (Fsp3) is 0.125. The average Bonchev–Trinajstić information content (AvgIpc) is 2.15. The van der Waals surface area contributed by atoms with E-state index in [9.17, 15) is 4.79 Å². The van der Waals surface area contributed by atoms with Crippen molar-refractivity contribution in [3.05, 3.63) is 24.5 Å². The molecule has 0 radical (unpaired) electrons. The number of rotatable bonds is 4. The summed E-state index contributed by atoms with van der Waals surface area (Å²) >= 11 is 4.69. The summed E-state index contributed by atoms with van der Waals surface area (Å²) in [6.07, 6.45) is 3.17. The minimum atomic E-state index is -0.839. The third kappa shape index (κ3) is 2.67. The fourth-order valence-corrected chi connectivity index (χ4v) is 1.07. The number of pyridine rings is 1. The molecule has 6 heteroatoms. The van der Waals surface area contributed by atoms with Gasteiger partial charge < -0.3 is 16.8 Å². The Morgan fingerprint density at radius 2 is 2.29 bits per heavy atom. The highest BCUT2D eigenvalue weighted by Crippen LogP contribution is 2.04. The van der Waals surface area contributed by atoms with Crippen LogP contribution in [0.5, 0.6) is 0 Å². The van der Waals surface area contributed by atoms with Crippen LogP contribution >= 0.6 is 12.2 Å². The third-order valence-corrected chi connectivity index (χ3v) is 1.78. The second-order valence-corrected chi connectivity index (χ2v) is 3.10. The maximum absolute atomic E-state index is 10.9. The highest BCUT2D eigenvalue weighted by atomic mass is 32.1. The van der Waals surface area contributed by atoms with E-state index in [1.165, 1.54) is 0 Å². The quantitative estimate of drug-likeness (QED) is 0.590. The van der Waals surface area contributed by atoms with Gasteiger partial charge in [0.2, 0.25) is 5.91 Å². The second kappa shape index (κ2) is 4.52. The summed E-state index contributed by atoms with van der Waals surface area (Å²) in [6, 6.07) is 2.62. The van der Waals surface area contributed by atoms with Crippen LogP contribution in [-0.4, -0.2) is 21.9 Å². The molecule has 0 aliphatic heterocycles. The van der Waals surface area contributed by atoms with Gasteiger partial charge in [-0.3, -0.25) is 9.78 Å². The standard InChI is InChI=1S/C8H10N4OS/c9-7(13)6(8(10)14)12-5-2-1-3-11-4-5/h1-4,6,12H,(H2,9,13)(H2,10,14)/t6-/m0/s1. The van der Waals surface area contributed by atoms with Gasteiger partial charge in [0.1, 0.15) is 4.99 Å². The molecule has 5 N–H and O–H groups in total. The monoisotopic (exact) mass is 210 g/mol. The fourth-order valence-electron chi connectivity index (χ4n) is 0.897. The number of hydrogen-bond donors (Lipinski definition) is 3. The first-order valence-corrected chi connectivity index (χ1v) is 4.27. The molecule has 1 amide bonds. The van der Waals surface area contributed by atoms with Crippen LogP contribution < -0.4 is 16.8 Å². The predicted octanol–water partition coefficient (Wildman–Crippen LogP) is -0.367. The molecule has 0 aliphatic carbocycles. The van der Waals surface area contributed by atoms with Gasteiger partial charge in [0, 0.05) is 12.4 Å². The summed E-state index contributed by atoms with van der Waals surface area (Å²) in [5.74, 6) is -0.610. The molecular weight excluding hydrogens is 200 g/mol. The van der Waals surface area contributed by atoms with Crippen molar-refractivity contribution < 1.29 is 4.79 Å². The summed E-state index contributed by atoms with van der Waals surface area (Å²) < 4.78 is 0. The highest BCUT2D eigenvalue weighted by molar-refractivity contribution is 7.80. The number of primary amides is 1. The van der Waals surface area contributed by atoms with Crippen LogP contribution in [0.3, 0.4) is 0 Å². The predicted molar refractivity (Wildman–Crippen MR) is 57.6 cm³/mol. The van der Waals surface area contributed by atoms with Crippen LogP contribution in [0, 0.1) is 0 Å². The highest BCUT2D eigenvalue weighted by Gasteiger charge is 2.17. The molecule has 0 saturated heterocycles. The topological polar surface area (TPSA) is 94.0 Å². The number of hydrogen-bond acceptors (Lipinski definition) is 4. The van der Waals surface area contributed by atoms with E-state index in [1.54, 1.807) is 24.5 Å². The van der Waals surface area contributed by atoms with Crippen LogP contribution in [-0.2, 0) is 4.79 Å². The molecule has 0 aliphatic rings. The van der Waals surface area contributed by atoms with Gasteiger partial charge in [-0.2, -0.15) is 0 Å². The van der Waals surface area contributed by atoms with E-state index in [1.807, 2.05) is 0 Å². The third-order valence-electron chi connectivity index (χ3n) is 1.54. The Labute approximate surface area is 86.5 Å². The molecule has 0 spiro atoms. The largest absolute Gasteiger partial charge is 0.391 e. The summed E-state index contributed by atoms with van der Waals surface area (Å²) in [5.41, 5.74) is 11.1. The summed E-state index contributed by atoms with van der Waals surface area (Å²) in [5, 5.41) is 2.77. The van der Waals surface area contributed by atoms with Gasteiger partial charge in [0.25, 0.3) is 0 Å². The molecule has 0 bridgehead atoms. The van der Waals surface area contributed by atoms with Crippen LogP contribution in [0.2, 0.25) is 0 Å². The zero-order valence-corrected chi connectivity index (χ0v) is 8.12. The molecule has 0 unspecified atom stereocenters. The van der Waals surface area contributed by atoms with Gasteiger partial charge in [0.15, 0.2) is 6.04 Å². The first-order valence-electron chi connectivity index (χ1n) is 3.86. The van der Waals surface area contributed by atoms with Crippen molar-refractivity contribution in [2.24, 2.45) is 11.5 Å². The Bertz CT molecular complexity index is 326. The second-order valence-electron chi connectivity index (χ2n) is 2.62. The number of nitrogens with two attached hydrogens (primary N) is 2. The lowest BCUT2D eigenvalue weighted by Crippen LogP contribution is -2.44. The first kappa shape index (κ1) is 10.4. The summed E-state index contributed by atoms with van der Waals surface area (Å²) in [7, 11) is 0. The lowest BCUT2D eigenvalue weighted by atomic mass is 10.2. The maximum atomic E-state index is 10.9. The van der Waals surface area contributed by atoms with Crippen molar-refractivity contribution in [2.75, 3.05) is 5.32 Å². The number of carbonyl (C=O) groups excluding carboxylic acids is 1. The van der Waals surface area contributed by atoms with Gasteiger partial charge in [0.05, 0.1) is 5.69 Å². The van der Waals surface area contributed by atoms with E-state index in [4.69, 9.17) is 11.5 Å². The normalized spacial score (nSPS) is 11.7. The van der Waals surface area contributed by atoms with Gasteiger partial charge in [-0.15, -0.1) is 0 Å². The number of nitrogens with zero attached hydrogens (tertiary/aromatic N) is 1.